The lowest BCUT2D eigenvalue weighted by Crippen LogP contribution is -2.36. The Kier molecular flexibility index (Phi) is 4.61. The van der Waals surface area contributed by atoms with Gasteiger partial charge in [-0.05, 0) is 48.4 Å². The minimum Gasteiger partial charge on any atom is -0.481 e. The fourth-order valence-corrected chi connectivity index (χ4v) is 4.38. The van der Waals surface area contributed by atoms with E-state index in [0.29, 0.717) is 19.5 Å². The fraction of sp³-hybridized carbons (Fsp3) is 0.391. The van der Waals surface area contributed by atoms with E-state index in [4.69, 9.17) is 4.74 Å². The van der Waals surface area contributed by atoms with Gasteiger partial charge in [0.2, 0.25) is 0 Å². The highest BCUT2D eigenvalue weighted by Gasteiger charge is 2.42. The number of nitrogens with zero attached hydrogens (tertiary/aromatic N) is 1. The standard InChI is InChI=1S/C23H25NO4/c1-23(2,21(25)26)15-11-12-24(13-15)22(27)28-14-20-18-9-5-3-7-16(18)17-8-4-6-10-19(17)20/h3-10,15,20H,11-14H2,1-2H3,(H,25,26). The second kappa shape index (κ2) is 6.97. The summed E-state index contributed by atoms with van der Waals surface area (Å²) in [6, 6.07) is 16.5. The van der Waals surface area contributed by atoms with E-state index in [1.807, 2.05) is 24.3 Å². The molecule has 2 aromatic carbocycles. The van der Waals surface area contributed by atoms with Crippen LogP contribution in [0.2, 0.25) is 0 Å². The van der Waals surface area contributed by atoms with Crippen molar-refractivity contribution in [1.82, 2.24) is 4.90 Å². The maximum absolute atomic E-state index is 12.6. The number of carbonyl (C=O) groups is 2. The molecule has 2 aliphatic rings. The number of fused-ring (bicyclic) bond motifs is 3. The first-order valence-corrected chi connectivity index (χ1v) is 9.73. The molecular formula is C23H25NO4. The average Bonchev–Trinajstić information content (AvgIpc) is 3.30. The number of hydrogen-bond acceptors (Lipinski definition) is 3. The van der Waals surface area contributed by atoms with Gasteiger partial charge in [0.05, 0.1) is 5.41 Å². The summed E-state index contributed by atoms with van der Waals surface area (Å²) in [5, 5.41) is 9.42. The number of likely N-dealkylation sites (tertiary alicyclic amines) is 1. The Labute approximate surface area is 164 Å². The number of rotatable bonds is 4. The number of hydrogen-bond donors (Lipinski definition) is 1. The van der Waals surface area contributed by atoms with Crippen molar-refractivity contribution in [2.75, 3.05) is 19.7 Å². The summed E-state index contributed by atoms with van der Waals surface area (Å²) in [7, 11) is 0. The Balaban J connectivity index is 1.44. The first kappa shape index (κ1) is 18.5. The van der Waals surface area contributed by atoms with E-state index in [9.17, 15) is 14.7 Å². The predicted molar refractivity (Wildman–Crippen MR) is 106 cm³/mol. The van der Waals surface area contributed by atoms with E-state index < -0.39 is 11.4 Å². The van der Waals surface area contributed by atoms with Crippen LogP contribution in [0.5, 0.6) is 0 Å². The Morgan fingerprint density at radius 3 is 2.21 bits per heavy atom. The van der Waals surface area contributed by atoms with E-state index in [1.165, 1.54) is 22.3 Å². The molecule has 1 aliphatic heterocycles. The normalized spacial score (nSPS) is 18.6. The molecule has 1 heterocycles. The molecule has 1 amide bonds. The van der Waals surface area contributed by atoms with Crippen molar-refractivity contribution in [3.05, 3.63) is 59.7 Å². The van der Waals surface area contributed by atoms with Crippen molar-refractivity contribution in [2.24, 2.45) is 11.3 Å². The van der Waals surface area contributed by atoms with Gasteiger partial charge in [0.15, 0.2) is 0 Å². The zero-order chi connectivity index (χ0) is 19.9. The SMILES string of the molecule is CC(C)(C(=O)O)C1CCN(C(=O)OCC2c3ccccc3-c3ccccc32)C1. The molecule has 2 aromatic rings. The molecule has 1 atom stereocenters. The summed E-state index contributed by atoms with van der Waals surface area (Å²) < 4.78 is 5.68. The highest BCUT2D eigenvalue weighted by atomic mass is 16.6. The van der Waals surface area contributed by atoms with Crippen molar-refractivity contribution in [1.29, 1.82) is 0 Å². The Morgan fingerprint density at radius 1 is 1.07 bits per heavy atom. The number of ether oxygens (including phenoxy) is 1. The topological polar surface area (TPSA) is 66.8 Å². The first-order valence-electron chi connectivity index (χ1n) is 9.73. The van der Waals surface area contributed by atoms with Crippen LogP contribution in [0.3, 0.4) is 0 Å². The maximum atomic E-state index is 12.6. The highest BCUT2D eigenvalue weighted by Crippen LogP contribution is 2.44. The van der Waals surface area contributed by atoms with Gasteiger partial charge in [-0.1, -0.05) is 48.5 Å². The monoisotopic (exact) mass is 379 g/mol. The maximum Gasteiger partial charge on any atom is 0.409 e. The van der Waals surface area contributed by atoms with Gasteiger partial charge in [-0.15, -0.1) is 0 Å². The molecular weight excluding hydrogens is 354 g/mol. The minimum absolute atomic E-state index is 0.0326. The highest BCUT2D eigenvalue weighted by molar-refractivity contribution is 5.79. The number of benzene rings is 2. The molecule has 1 aliphatic carbocycles. The average molecular weight is 379 g/mol. The smallest absolute Gasteiger partial charge is 0.409 e. The third-order valence-electron chi connectivity index (χ3n) is 6.35. The fourth-order valence-electron chi connectivity index (χ4n) is 4.38. The van der Waals surface area contributed by atoms with Gasteiger partial charge < -0.3 is 14.7 Å². The van der Waals surface area contributed by atoms with E-state index in [2.05, 4.69) is 24.3 Å². The summed E-state index contributed by atoms with van der Waals surface area (Å²) in [6.45, 7) is 4.70. The molecule has 0 aromatic heterocycles. The van der Waals surface area contributed by atoms with Gasteiger partial charge in [-0.25, -0.2) is 4.79 Å². The molecule has 1 N–H and O–H groups in total. The Hall–Kier alpha value is -2.82. The largest absolute Gasteiger partial charge is 0.481 e. The van der Waals surface area contributed by atoms with E-state index in [-0.39, 0.29) is 24.5 Å². The molecule has 1 fully saturated rings. The lowest BCUT2D eigenvalue weighted by molar-refractivity contribution is -0.149. The molecule has 1 saturated heterocycles. The lowest BCUT2D eigenvalue weighted by Gasteiger charge is -2.26. The van der Waals surface area contributed by atoms with Crippen LogP contribution in [0.1, 0.15) is 37.3 Å². The number of aliphatic carboxylic acids is 1. The van der Waals surface area contributed by atoms with Crippen molar-refractivity contribution >= 4 is 12.1 Å². The van der Waals surface area contributed by atoms with Gasteiger partial charge in [-0.2, -0.15) is 0 Å². The first-order chi connectivity index (χ1) is 13.4. The van der Waals surface area contributed by atoms with Crippen LogP contribution in [0.15, 0.2) is 48.5 Å². The molecule has 5 heteroatoms. The lowest BCUT2D eigenvalue weighted by atomic mass is 9.78. The second-order valence-corrected chi connectivity index (χ2v) is 8.26. The Morgan fingerprint density at radius 2 is 1.64 bits per heavy atom. The van der Waals surface area contributed by atoms with Crippen molar-refractivity contribution in [3.8, 4) is 11.1 Å². The molecule has 28 heavy (non-hydrogen) atoms. The predicted octanol–water partition coefficient (Wildman–Crippen LogP) is 4.37. The molecule has 1 unspecified atom stereocenters. The molecule has 5 nitrogen and oxygen atoms in total. The van der Waals surface area contributed by atoms with Gasteiger partial charge >= 0.3 is 12.1 Å². The molecule has 0 spiro atoms. The minimum atomic E-state index is -0.849. The summed E-state index contributed by atoms with van der Waals surface area (Å²) in [5.41, 5.74) is 3.91. The van der Waals surface area contributed by atoms with Crippen LogP contribution in [0.4, 0.5) is 4.79 Å². The third-order valence-corrected chi connectivity index (χ3v) is 6.35. The molecule has 146 valence electrons. The molecule has 0 radical (unpaired) electrons. The second-order valence-electron chi connectivity index (χ2n) is 8.26. The molecule has 4 rings (SSSR count). The van der Waals surface area contributed by atoms with Crippen molar-refractivity contribution in [2.45, 2.75) is 26.2 Å². The summed E-state index contributed by atoms with van der Waals surface area (Å²) in [6.07, 6.45) is 0.328. The van der Waals surface area contributed by atoms with Gasteiger partial charge in [-0.3, -0.25) is 4.79 Å². The summed E-state index contributed by atoms with van der Waals surface area (Å²) in [4.78, 5) is 25.7. The molecule has 0 bridgehead atoms. The zero-order valence-corrected chi connectivity index (χ0v) is 16.2. The van der Waals surface area contributed by atoms with Gasteiger partial charge in [0.1, 0.15) is 6.61 Å². The number of carbonyl (C=O) groups excluding carboxylic acids is 1. The van der Waals surface area contributed by atoms with Gasteiger partial charge in [0, 0.05) is 19.0 Å². The van der Waals surface area contributed by atoms with Crippen molar-refractivity contribution < 1.29 is 19.4 Å². The van der Waals surface area contributed by atoms with E-state index in [0.717, 1.165) is 0 Å². The van der Waals surface area contributed by atoms with Gasteiger partial charge in [0.25, 0.3) is 0 Å². The number of carboxylic acids is 1. The zero-order valence-electron chi connectivity index (χ0n) is 16.2. The summed E-state index contributed by atoms with van der Waals surface area (Å²) in [5.74, 6) is -0.859. The van der Waals surface area contributed by atoms with E-state index in [1.54, 1.807) is 18.7 Å². The van der Waals surface area contributed by atoms with Crippen LogP contribution in [-0.4, -0.2) is 41.8 Å². The number of carboxylic acid groups (broad SMARTS) is 1. The van der Waals surface area contributed by atoms with Crippen molar-refractivity contribution in [3.63, 3.8) is 0 Å². The van der Waals surface area contributed by atoms with Crippen LogP contribution in [0.25, 0.3) is 11.1 Å². The van der Waals surface area contributed by atoms with E-state index >= 15 is 0 Å². The van der Waals surface area contributed by atoms with Crippen LogP contribution in [-0.2, 0) is 9.53 Å². The Bertz CT molecular complexity index is 875. The van der Waals surface area contributed by atoms with Crippen LogP contribution in [0, 0.1) is 11.3 Å². The third kappa shape index (κ3) is 3.05. The number of amides is 1. The summed E-state index contributed by atoms with van der Waals surface area (Å²) >= 11 is 0. The van der Waals surface area contributed by atoms with Crippen LogP contribution >= 0.6 is 0 Å². The molecule has 0 saturated carbocycles. The van der Waals surface area contributed by atoms with Crippen LogP contribution < -0.4 is 0 Å². The quantitative estimate of drug-likeness (QED) is 0.857.